The third-order valence-electron chi connectivity index (χ3n) is 3.02. The minimum atomic E-state index is -0.182. The van der Waals surface area contributed by atoms with Gasteiger partial charge in [0, 0.05) is 19.3 Å². The number of halogens is 1. The van der Waals surface area contributed by atoms with Gasteiger partial charge in [0.05, 0.1) is 3.57 Å². The Bertz CT molecular complexity index is 491. The van der Waals surface area contributed by atoms with E-state index in [2.05, 4.69) is 6.92 Å². The van der Waals surface area contributed by atoms with Gasteiger partial charge >= 0.3 is 5.69 Å². The lowest BCUT2D eigenvalue weighted by Crippen LogP contribution is -2.40. The fourth-order valence-electron chi connectivity index (χ4n) is 1.92. The van der Waals surface area contributed by atoms with Gasteiger partial charge in [-0.25, -0.2) is 4.79 Å². The van der Waals surface area contributed by atoms with Crippen molar-refractivity contribution in [3.63, 3.8) is 0 Å². The smallest absolute Gasteiger partial charge is 0.300 e. The molecule has 0 atom stereocenters. The minimum absolute atomic E-state index is 0.152. The van der Waals surface area contributed by atoms with E-state index in [1.54, 1.807) is 10.8 Å². The lowest BCUT2D eigenvalue weighted by molar-refractivity contribution is 0.513. The Morgan fingerprint density at radius 3 is 2.39 bits per heavy atom. The lowest BCUT2D eigenvalue weighted by atomic mass is 10.1. The fraction of sp³-hybridized carbons (Fsp3) is 0.692. The second-order valence-electron chi connectivity index (χ2n) is 4.42. The van der Waals surface area contributed by atoms with E-state index in [1.165, 1.54) is 23.8 Å². The molecular weight excluding hydrogens is 343 g/mol. The summed E-state index contributed by atoms with van der Waals surface area (Å²) in [7, 11) is 0. The van der Waals surface area contributed by atoms with Gasteiger partial charge in [0.2, 0.25) is 0 Å². The van der Waals surface area contributed by atoms with Crippen molar-refractivity contribution in [3.8, 4) is 0 Å². The summed E-state index contributed by atoms with van der Waals surface area (Å²) in [5, 5.41) is 0. The number of unbranched alkanes of at least 4 members (excludes halogenated alkanes) is 4. The van der Waals surface area contributed by atoms with Gasteiger partial charge < -0.3 is 0 Å². The topological polar surface area (TPSA) is 44.0 Å². The van der Waals surface area contributed by atoms with Gasteiger partial charge in [-0.15, -0.1) is 0 Å². The van der Waals surface area contributed by atoms with E-state index in [1.807, 2.05) is 29.5 Å². The Morgan fingerprint density at radius 2 is 1.78 bits per heavy atom. The number of aromatic nitrogens is 2. The average Bonchev–Trinajstić information content (AvgIpc) is 2.37. The first-order valence-electron chi connectivity index (χ1n) is 6.61. The standard InChI is InChI=1S/C13H21IN2O2/c1-3-5-6-7-8-9-16-12(17)11(14)10-15(4-2)13(16)18/h10H,3-9H2,1-2H3. The Balaban J connectivity index is 2.79. The zero-order valence-corrected chi connectivity index (χ0v) is 13.3. The van der Waals surface area contributed by atoms with Crippen LogP contribution in [0.25, 0.3) is 0 Å². The van der Waals surface area contributed by atoms with E-state index in [0.717, 1.165) is 12.8 Å². The van der Waals surface area contributed by atoms with E-state index in [9.17, 15) is 9.59 Å². The molecule has 0 aliphatic rings. The highest BCUT2D eigenvalue weighted by Gasteiger charge is 2.08. The van der Waals surface area contributed by atoms with Crippen molar-refractivity contribution < 1.29 is 0 Å². The van der Waals surface area contributed by atoms with Crippen LogP contribution in [0.1, 0.15) is 46.0 Å². The predicted octanol–water partition coefficient (Wildman–Crippen LogP) is 2.60. The zero-order valence-electron chi connectivity index (χ0n) is 11.1. The Hall–Kier alpha value is -0.590. The summed E-state index contributed by atoms with van der Waals surface area (Å²) in [6.07, 6.45) is 7.22. The molecule has 102 valence electrons. The molecule has 0 radical (unpaired) electrons. The summed E-state index contributed by atoms with van der Waals surface area (Å²) >= 11 is 2.00. The van der Waals surface area contributed by atoms with Crippen LogP contribution >= 0.6 is 22.6 Å². The second kappa shape index (κ2) is 7.76. The molecule has 1 aromatic rings. The molecule has 0 saturated carbocycles. The molecule has 0 N–H and O–H groups in total. The van der Waals surface area contributed by atoms with Gasteiger partial charge in [0.15, 0.2) is 0 Å². The summed E-state index contributed by atoms with van der Waals surface area (Å²) < 4.78 is 3.58. The van der Waals surface area contributed by atoms with Crippen LogP contribution in [-0.2, 0) is 13.1 Å². The number of nitrogens with zero attached hydrogens (tertiary/aromatic N) is 2. The maximum atomic E-state index is 12.0. The highest BCUT2D eigenvalue weighted by atomic mass is 127. The summed E-state index contributed by atoms with van der Waals surface area (Å²) in [6, 6.07) is 0. The van der Waals surface area contributed by atoms with E-state index >= 15 is 0 Å². The summed E-state index contributed by atoms with van der Waals surface area (Å²) in [6.45, 7) is 5.22. The van der Waals surface area contributed by atoms with Crippen molar-refractivity contribution in [3.05, 3.63) is 30.6 Å². The molecular formula is C13H21IN2O2. The molecule has 5 heteroatoms. The third kappa shape index (κ3) is 3.96. The summed E-state index contributed by atoms with van der Waals surface area (Å²) in [5.74, 6) is 0. The average molecular weight is 364 g/mol. The molecule has 0 aliphatic heterocycles. The quantitative estimate of drug-likeness (QED) is 0.552. The monoisotopic (exact) mass is 364 g/mol. The van der Waals surface area contributed by atoms with Crippen LogP contribution in [0.4, 0.5) is 0 Å². The predicted molar refractivity (Wildman–Crippen MR) is 82.1 cm³/mol. The van der Waals surface area contributed by atoms with Gasteiger partial charge in [-0.2, -0.15) is 0 Å². The Labute approximate surface area is 121 Å². The van der Waals surface area contributed by atoms with Crippen LogP contribution < -0.4 is 11.2 Å². The van der Waals surface area contributed by atoms with Crippen LogP contribution in [0.2, 0.25) is 0 Å². The molecule has 1 rings (SSSR count). The van der Waals surface area contributed by atoms with Crippen molar-refractivity contribution in [2.24, 2.45) is 0 Å². The van der Waals surface area contributed by atoms with Crippen LogP contribution in [-0.4, -0.2) is 9.13 Å². The molecule has 0 aliphatic carbocycles. The first kappa shape index (κ1) is 15.5. The molecule has 1 heterocycles. The fourth-order valence-corrected chi connectivity index (χ4v) is 2.54. The minimum Gasteiger partial charge on any atom is -0.300 e. The maximum absolute atomic E-state index is 12.0. The van der Waals surface area contributed by atoms with Crippen molar-refractivity contribution in [2.75, 3.05) is 0 Å². The first-order valence-corrected chi connectivity index (χ1v) is 7.69. The molecule has 1 aromatic heterocycles. The van der Waals surface area contributed by atoms with E-state index in [4.69, 9.17) is 0 Å². The van der Waals surface area contributed by atoms with E-state index < -0.39 is 0 Å². The molecule has 0 fully saturated rings. The zero-order chi connectivity index (χ0) is 13.5. The molecule has 0 spiro atoms. The van der Waals surface area contributed by atoms with E-state index in [-0.39, 0.29) is 11.2 Å². The van der Waals surface area contributed by atoms with Crippen molar-refractivity contribution in [2.45, 2.75) is 59.0 Å². The lowest BCUT2D eigenvalue weighted by Gasteiger charge is -2.09. The van der Waals surface area contributed by atoms with Gasteiger partial charge in [-0.3, -0.25) is 13.9 Å². The molecule has 0 amide bonds. The number of aryl methyl sites for hydroxylation is 1. The number of hydrogen-bond acceptors (Lipinski definition) is 2. The molecule has 0 bridgehead atoms. The van der Waals surface area contributed by atoms with Gasteiger partial charge in [-0.05, 0) is 35.9 Å². The molecule has 4 nitrogen and oxygen atoms in total. The van der Waals surface area contributed by atoms with Crippen molar-refractivity contribution >= 4 is 22.6 Å². The van der Waals surface area contributed by atoms with Gasteiger partial charge in [0.25, 0.3) is 5.56 Å². The SMILES string of the molecule is CCCCCCCn1c(=O)c(I)cn(CC)c1=O. The highest BCUT2D eigenvalue weighted by Crippen LogP contribution is 2.03. The molecule has 18 heavy (non-hydrogen) atoms. The first-order chi connectivity index (χ1) is 8.61. The third-order valence-corrected chi connectivity index (χ3v) is 3.76. The molecule has 0 aromatic carbocycles. The maximum Gasteiger partial charge on any atom is 0.331 e. The Kier molecular flexibility index (Phi) is 6.67. The second-order valence-corrected chi connectivity index (χ2v) is 5.58. The van der Waals surface area contributed by atoms with Crippen LogP contribution in [0.3, 0.4) is 0 Å². The Morgan fingerprint density at radius 1 is 1.11 bits per heavy atom. The van der Waals surface area contributed by atoms with Crippen molar-refractivity contribution in [1.29, 1.82) is 0 Å². The summed E-state index contributed by atoms with van der Waals surface area (Å²) in [5.41, 5.74) is -0.334. The molecule has 0 saturated heterocycles. The van der Waals surface area contributed by atoms with Crippen LogP contribution in [0.15, 0.2) is 15.8 Å². The largest absolute Gasteiger partial charge is 0.331 e. The van der Waals surface area contributed by atoms with Crippen LogP contribution in [0.5, 0.6) is 0 Å². The highest BCUT2D eigenvalue weighted by molar-refractivity contribution is 14.1. The number of rotatable bonds is 7. The van der Waals surface area contributed by atoms with Gasteiger partial charge in [0.1, 0.15) is 0 Å². The normalized spacial score (nSPS) is 10.8. The van der Waals surface area contributed by atoms with Crippen LogP contribution in [0, 0.1) is 3.57 Å². The molecule has 0 unspecified atom stereocenters. The van der Waals surface area contributed by atoms with Crippen molar-refractivity contribution in [1.82, 2.24) is 9.13 Å². The number of hydrogen-bond donors (Lipinski definition) is 0. The van der Waals surface area contributed by atoms with E-state index in [0.29, 0.717) is 16.7 Å². The van der Waals surface area contributed by atoms with Gasteiger partial charge in [-0.1, -0.05) is 32.6 Å². The summed E-state index contributed by atoms with van der Waals surface area (Å²) in [4.78, 5) is 23.9.